The smallest absolute Gasteiger partial charge is 0.146 e. The third kappa shape index (κ3) is 2.52. The SMILES string of the molecule is CN(Cc1nnc(C2CC2)n1C)CC1(CO)COC1. The number of aliphatic hydroxyl groups excluding tert-OH is 1. The van der Waals surface area contributed by atoms with Crippen LogP contribution >= 0.6 is 0 Å². The normalized spacial score (nSPS) is 21.7. The maximum absolute atomic E-state index is 9.45. The van der Waals surface area contributed by atoms with Crippen LogP contribution in [-0.2, 0) is 18.3 Å². The van der Waals surface area contributed by atoms with Gasteiger partial charge in [0.2, 0.25) is 0 Å². The molecule has 3 rings (SSSR count). The molecule has 0 aromatic carbocycles. The van der Waals surface area contributed by atoms with Gasteiger partial charge < -0.3 is 14.4 Å². The molecule has 19 heavy (non-hydrogen) atoms. The molecule has 0 amide bonds. The second kappa shape index (κ2) is 4.85. The molecule has 0 atom stereocenters. The van der Waals surface area contributed by atoms with Gasteiger partial charge in [-0.15, -0.1) is 10.2 Å². The van der Waals surface area contributed by atoms with Crippen LogP contribution in [0.1, 0.15) is 30.4 Å². The van der Waals surface area contributed by atoms with Crippen LogP contribution in [0.5, 0.6) is 0 Å². The Hall–Kier alpha value is -0.980. The molecule has 0 unspecified atom stereocenters. The zero-order valence-corrected chi connectivity index (χ0v) is 11.7. The minimum atomic E-state index is -0.0767. The Morgan fingerprint density at radius 2 is 2.16 bits per heavy atom. The van der Waals surface area contributed by atoms with E-state index in [1.54, 1.807) is 0 Å². The van der Waals surface area contributed by atoms with Crippen LogP contribution in [0.4, 0.5) is 0 Å². The van der Waals surface area contributed by atoms with Gasteiger partial charge in [-0.3, -0.25) is 4.90 Å². The molecule has 0 bridgehead atoms. The Morgan fingerprint density at radius 3 is 2.68 bits per heavy atom. The first-order valence-corrected chi connectivity index (χ1v) is 6.89. The van der Waals surface area contributed by atoms with Crippen molar-refractivity contribution >= 4 is 0 Å². The standard InChI is InChI=1S/C13H22N4O2/c1-16(6-13(7-18)8-19-9-13)5-11-14-15-12(17(11)2)10-3-4-10/h10,18H,3-9H2,1-2H3. The number of aliphatic hydroxyl groups is 1. The van der Waals surface area contributed by atoms with E-state index in [4.69, 9.17) is 4.74 Å². The molecule has 2 heterocycles. The second-order valence-corrected chi connectivity index (χ2v) is 6.13. The summed E-state index contributed by atoms with van der Waals surface area (Å²) in [6, 6.07) is 0. The van der Waals surface area contributed by atoms with Gasteiger partial charge in [-0.25, -0.2) is 0 Å². The molecule has 0 spiro atoms. The van der Waals surface area contributed by atoms with E-state index in [-0.39, 0.29) is 12.0 Å². The van der Waals surface area contributed by atoms with Crippen LogP contribution in [0.2, 0.25) is 0 Å². The number of rotatable bonds is 6. The Balaban J connectivity index is 1.61. The van der Waals surface area contributed by atoms with Crippen molar-refractivity contribution < 1.29 is 9.84 Å². The highest BCUT2D eigenvalue weighted by molar-refractivity contribution is 5.07. The van der Waals surface area contributed by atoms with E-state index in [9.17, 15) is 5.11 Å². The average molecular weight is 266 g/mol. The third-order valence-electron chi connectivity index (χ3n) is 4.11. The molecule has 1 aliphatic heterocycles. The predicted molar refractivity (Wildman–Crippen MR) is 69.6 cm³/mol. The lowest BCUT2D eigenvalue weighted by Gasteiger charge is -2.42. The van der Waals surface area contributed by atoms with E-state index in [2.05, 4.69) is 26.7 Å². The van der Waals surface area contributed by atoms with Crippen LogP contribution in [0, 0.1) is 5.41 Å². The van der Waals surface area contributed by atoms with E-state index in [0.717, 1.165) is 24.7 Å². The van der Waals surface area contributed by atoms with Crippen molar-refractivity contribution in [3.63, 3.8) is 0 Å². The Bertz CT molecular complexity index is 446. The van der Waals surface area contributed by atoms with Crippen molar-refractivity contribution in [2.45, 2.75) is 25.3 Å². The molecule has 6 heteroatoms. The maximum Gasteiger partial charge on any atom is 0.146 e. The van der Waals surface area contributed by atoms with Gasteiger partial charge in [0.1, 0.15) is 11.6 Å². The molecule has 0 radical (unpaired) electrons. The fraction of sp³-hybridized carbons (Fsp3) is 0.846. The van der Waals surface area contributed by atoms with Gasteiger partial charge in [0, 0.05) is 19.5 Å². The van der Waals surface area contributed by atoms with Gasteiger partial charge in [0.05, 0.1) is 31.8 Å². The molecule has 2 aliphatic rings. The number of aromatic nitrogens is 3. The molecular weight excluding hydrogens is 244 g/mol. The minimum Gasteiger partial charge on any atom is -0.396 e. The van der Waals surface area contributed by atoms with Gasteiger partial charge in [0.25, 0.3) is 0 Å². The van der Waals surface area contributed by atoms with E-state index in [1.165, 1.54) is 12.8 Å². The molecule has 1 N–H and O–H groups in total. The van der Waals surface area contributed by atoms with Gasteiger partial charge in [-0.1, -0.05) is 0 Å². The van der Waals surface area contributed by atoms with Crippen LogP contribution < -0.4 is 0 Å². The number of ether oxygens (including phenoxy) is 1. The summed E-state index contributed by atoms with van der Waals surface area (Å²) >= 11 is 0. The Morgan fingerprint density at radius 1 is 1.42 bits per heavy atom. The molecule has 1 aromatic rings. The van der Waals surface area contributed by atoms with Crippen LogP contribution in [0.15, 0.2) is 0 Å². The van der Waals surface area contributed by atoms with Gasteiger partial charge >= 0.3 is 0 Å². The fourth-order valence-corrected chi connectivity index (χ4v) is 2.70. The van der Waals surface area contributed by atoms with Crippen LogP contribution in [0.25, 0.3) is 0 Å². The van der Waals surface area contributed by atoms with E-state index >= 15 is 0 Å². The summed E-state index contributed by atoms with van der Waals surface area (Å²) in [5.41, 5.74) is -0.0767. The fourth-order valence-electron chi connectivity index (χ4n) is 2.70. The first kappa shape index (κ1) is 13.0. The molecule has 1 aliphatic carbocycles. The van der Waals surface area contributed by atoms with E-state index in [1.807, 2.05) is 7.05 Å². The lowest BCUT2D eigenvalue weighted by molar-refractivity contribution is -0.147. The summed E-state index contributed by atoms with van der Waals surface area (Å²) < 4.78 is 7.35. The largest absolute Gasteiger partial charge is 0.396 e. The maximum atomic E-state index is 9.45. The zero-order chi connectivity index (χ0) is 13.5. The summed E-state index contributed by atoms with van der Waals surface area (Å²) in [5, 5.41) is 18.0. The summed E-state index contributed by atoms with van der Waals surface area (Å²) in [6.45, 7) is 3.08. The molecule has 106 valence electrons. The lowest BCUT2D eigenvalue weighted by Crippen LogP contribution is -2.52. The predicted octanol–water partition coefficient (Wildman–Crippen LogP) is 0.133. The van der Waals surface area contributed by atoms with E-state index < -0.39 is 0 Å². The van der Waals surface area contributed by atoms with Crippen molar-refractivity contribution in [1.29, 1.82) is 0 Å². The number of nitrogens with zero attached hydrogens (tertiary/aromatic N) is 4. The lowest BCUT2D eigenvalue weighted by atomic mass is 9.86. The summed E-state index contributed by atoms with van der Waals surface area (Å²) in [4.78, 5) is 2.19. The summed E-state index contributed by atoms with van der Waals surface area (Å²) in [6.07, 6.45) is 2.49. The first-order valence-electron chi connectivity index (χ1n) is 6.89. The highest BCUT2D eigenvalue weighted by Gasteiger charge is 2.39. The van der Waals surface area contributed by atoms with Gasteiger partial charge in [0.15, 0.2) is 0 Å². The molecule has 6 nitrogen and oxygen atoms in total. The highest BCUT2D eigenvalue weighted by Crippen LogP contribution is 2.38. The van der Waals surface area contributed by atoms with Crippen LogP contribution in [0.3, 0.4) is 0 Å². The Labute approximate surface area is 113 Å². The summed E-state index contributed by atoms with van der Waals surface area (Å²) in [7, 11) is 4.10. The van der Waals surface area contributed by atoms with Crippen molar-refractivity contribution in [3.8, 4) is 0 Å². The monoisotopic (exact) mass is 266 g/mol. The quantitative estimate of drug-likeness (QED) is 0.793. The van der Waals surface area contributed by atoms with Crippen LogP contribution in [-0.4, -0.2) is 58.2 Å². The number of hydrogen-bond acceptors (Lipinski definition) is 5. The first-order chi connectivity index (χ1) is 9.13. The van der Waals surface area contributed by atoms with Crippen molar-refractivity contribution in [2.24, 2.45) is 12.5 Å². The third-order valence-corrected chi connectivity index (χ3v) is 4.11. The van der Waals surface area contributed by atoms with Gasteiger partial charge in [-0.2, -0.15) is 0 Å². The Kier molecular flexibility index (Phi) is 3.32. The number of hydrogen-bond donors (Lipinski definition) is 1. The van der Waals surface area contributed by atoms with Crippen molar-refractivity contribution in [2.75, 3.05) is 33.4 Å². The van der Waals surface area contributed by atoms with Gasteiger partial charge in [-0.05, 0) is 19.9 Å². The molecule has 1 saturated carbocycles. The molecule has 2 fully saturated rings. The molecule has 1 saturated heterocycles. The van der Waals surface area contributed by atoms with Crippen molar-refractivity contribution in [3.05, 3.63) is 11.6 Å². The molecular formula is C13H22N4O2. The molecule has 1 aromatic heterocycles. The summed E-state index contributed by atoms with van der Waals surface area (Å²) in [5.74, 6) is 2.74. The second-order valence-electron chi connectivity index (χ2n) is 6.13. The zero-order valence-electron chi connectivity index (χ0n) is 11.7. The highest BCUT2D eigenvalue weighted by atomic mass is 16.5. The van der Waals surface area contributed by atoms with E-state index in [0.29, 0.717) is 19.1 Å². The minimum absolute atomic E-state index is 0.0767. The topological polar surface area (TPSA) is 63.4 Å². The average Bonchev–Trinajstić information content (AvgIpc) is 3.12. The van der Waals surface area contributed by atoms with Crippen molar-refractivity contribution in [1.82, 2.24) is 19.7 Å².